The summed E-state index contributed by atoms with van der Waals surface area (Å²) in [4.78, 5) is 29.9. The lowest BCUT2D eigenvalue weighted by Crippen LogP contribution is -2.17. The largest absolute Gasteiger partial charge is 0.319 e. The number of nitrogens with zero attached hydrogens (tertiary/aromatic N) is 5. The third kappa shape index (κ3) is 4.02. The van der Waals surface area contributed by atoms with Crippen LogP contribution in [0.2, 0.25) is 5.02 Å². The van der Waals surface area contributed by atoms with Crippen molar-refractivity contribution in [3.63, 3.8) is 0 Å². The van der Waals surface area contributed by atoms with Crippen LogP contribution in [-0.4, -0.2) is 25.4 Å². The third-order valence-corrected chi connectivity index (χ3v) is 5.69. The van der Waals surface area contributed by atoms with Gasteiger partial charge < -0.3 is 4.57 Å². The van der Waals surface area contributed by atoms with E-state index in [4.69, 9.17) is 11.6 Å². The Hall–Kier alpha value is -2.68. The van der Waals surface area contributed by atoms with Crippen molar-refractivity contribution >= 4 is 40.2 Å². The molecule has 0 spiro atoms. The van der Waals surface area contributed by atoms with E-state index in [9.17, 15) is 4.79 Å². The first-order valence-corrected chi connectivity index (χ1v) is 10.0. The first-order chi connectivity index (χ1) is 13.2. The lowest BCUT2D eigenvalue weighted by atomic mass is 10.2. The van der Waals surface area contributed by atoms with Crippen LogP contribution in [0.4, 0.5) is 0 Å². The molecule has 1 aromatic carbocycles. The van der Waals surface area contributed by atoms with E-state index in [1.54, 1.807) is 24.0 Å². The van der Waals surface area contributed by atoms with E-state index < -0.39 is 5.91 Å². The summed E-state index contributed by atoms with van der Waals surface area (Å²) in [5.74, 6) is -0.392. The van der Waals surface area contributed by atoms with Gasteiger partial charge in [-0.1, -0.05) is 29.8 Å². The summed E-state index contributed by atoms with van der Waals surface area (Å²) in [6, 6.07) is 7.61. The normalized spacial score (nSPS) is 11.7. The second-order valence-corrected chi connectivity index (χ2v) is 7.59. The Balaban J connectivity index is 1.60. The summed E-state index contributed by atoms with van der Waals surface area (Å²) in [6.07, 6.45) is 6.67. The number of amides is 1. The molecule has 0 saturated carbocycles. The molecular weight excluding hydrogens is 402 g/mol. The Morgan fingerprint density at radius 2 is 2.11 bits per heavy atom. The summed E-state index contributed by atoms with van der Waals surface area (Å²) >= 11 is 8.95. The van der Waals surface area contributed by atoms with Gasteiger partial charge in [-0.25, -0.2) is 4.98 Å². The Kier molecular flexibility index (Phi) is 5.19. The SMILES string of the molecule is O=C(N=c1sccn1Cc1ccccc1Cl)c1csc(-c2cnccn2)n1. The van der Waals surface area contributed by atoms with E-state index in [-0.39, 0.29) is 0 Å². The van der Waals surface area contributed by atoms with E-state index in [0.717, 1.165) is 5.56 Å². The van der Waals surface area contributed by atoms with E-state index in [1.807, 2.05) is 40.4 Å². The molecule has 3 heterocycles. The van der Waals surface area contributed by atoms with Gasteiger partial charge in [0, 0.05) is 34.4 Å². The number of carbonyl (C=O) groups excluding carboxylic acids is 1. The first kappa shape index (κ1) is 17.7. The zero-order chi connectivity index (χ0) is 18.6. The van der Waals surface area contributed by atoms with E-state index in [1.165, 1.54) is 22.7 Å². The van der Waals surface area contributed by atoms with Crippen LogP contribution >= 0.6 is 34.3 Å². The van der Waals surface area contributed by atoms with Crippen molar-refractivity contribution in [2.24, 2.45) is 4.99 Å². The topological polar surface area (TPSA) is 73.0 Å². The quantitative estimate of drug-likeness (QED) is 0.508. The van der Waals surface area contributed by atoms with Gasteiger partial charge in [0.05, 0.1) is 12.7 Å². The summed E-state index contributed by atoms with van der Waals surface area (Å²) in [5.41, 5.74) is 1.88. The Morgan fingerprint density at radius 1 is 1.22 bits per heavy atom. The Labute approximate surface area is 167 Å². The van der Waals surface area contributed by atoms with E-state index in [2.05, 4.69) is 19.9 Å². The van der Waals surface area contributed by atoms with Crippen LogP contribution in [0, 0.1) is 0 Å². The minimum absolute atomic E-state index is 0.290. The van der Waals surface area contributed by atoms with Crippen LogP contribution < -0.4 is 4.80 Å². The van der Waals surface area contributed by atoms with Gasteiger partial charge in [-0.2, -0.15) is 4.99 Å². The predicted octanol–water partition coefficient (Wildman–Crippen LogP) is 3.91. The molecule has 0 bridgehead atoms. The molecule has 0 N–H and O–H groups in total. The highest BCUT2D eigenvalue weighted by Gasteiger charge is 2.12. The number of carbonyl (C=O) groups is 1. The van der Waals surface area contributed by atoms with Gasteiger partial charge in [0.15, 0.2) is 4.80 Å². The zero-order valence-electron chi connectivity index (χ0n) is 13.8. The van der Waals surface area contributed by atoms with Crippen molar-refractivity contribution in [3.8, 4) is 10.7 Å². The average molecular weight is 414 g/mol. The number of aromatic nitrogens is 4. The van der Waals surface area contributed by atoms with Crippen LogP contribution in [-0.2, 0) is 6.54 Å². The number of benzene rings is 1. The molecule has 3 aromatic heterocycles. The highest BCUT2D eigenvalue weighted by Crippen LogP contribution is 2.21. The summed E-state index contributed by atoms with van der Waals surface area (Å²) in [7, 11) is 0. The molecule has 134 valence electrons. The molecule has 0 aliphatic carbocycles. The molecule has 6 nitrogen and oxygen atoms in total. The molecule has 0 saturated heterocycles. The summed E-state index contributed by atoms with van der Waals surface area (Å²) < 4.78 is 1.89. The Bertz CT molecular complexity index is 1150. The van der Waals surface area contributed by atoms with Crippen molar-refractivity contribution in [2.75, 3.05) is 0 Å². The highest BCUT2D eigenvalue weighted by atomic mass is 35.5. The minimum atomic E-state index is -0.392. The fourth-order valence-electron chi connectivity index (χ4n) is 2.36. The lowest BCUT2D eigenvalue weighted by Gasteiger charge is -2.05. The smallest absolute Gasteiger partial charge is 0.299 e. The molecule has 0 unspecified atom stereocenters. The zero-order valence-corrected chi connectivity index (χ0v) is 16.2. The molecule has 9 heteroatoms. The van der Waals surface area contributed by atoms with Gasteiger partial charge in [0.1, 0.15) is 16.4 Å². The summed E-state index contributed by atoms with van der Waals surface area (Å²) in [5, 5.41) is 4.88. The van der Waals surface area contributed by atoms with Crippen LogP contribution in [0.25, 0.3) is 10.7 Å². The molecule has 4 aromatic rings. The maximum Gasteiger partial charge on any atom is 0.299 e. The predicted molar refractivity (Wildman–Crippen MR) is 106 cm³/mol. The second kappa shape index (κ2) is 7.91. The van der Waals surface area contributed by atoms with Crippen molar-refractivity contribution in [1.82, 2.24) is 19.5 Å². The maximum atomic E-state index is 12.5. The highest BCUT2D eigenvalue weighted by molar-refractivity contribution is 7.13. The monoisotopic (exact) mass is 413 g/mol. The number of rotatable bonds is 4. The van der Waals surface area contributed by atoms with Crippen molar-refractivity contribution in [1.29, 1.82) is 0 Å². The van der Waals surface area contributed by atoms with Crippen LogP contribution in [0.15, 0.2) is 64.8 Å². The second-order valence-electron chi connectivity index (χ2n) is 5.45. The fraction of sp³-hybridized carbons (Fsp3) is 0.0556. The average Bonchev–Trinajstić information content (AvgIpc) is 3.34. The molecule has 0 aliphatic rings. The molecule has 0 aliphatic heterocycles. The maximum absolute atomic E-state index is 12.5. The van der Waals surface area contributed by atoms with Crippen molar-refractivity contribution < 1.29 is 4.79 Å². The lowest BCUT2D eigenvalue weighted by molar-refractivity contribution is 0.0994. The molecular formula is C18H12ClN5OS2. The van der Waals surface area contributed by atoms with Gasteiger partial charge in [-0.05, 0) is 11.6 Å². The van der Waals surface area contributed by atoms with Gasteiger partial charge >= 0.3 is 0 Å². The number of halogens is 1. The van der Waals surface area contributed by atoms with Gasteiger partial charge in [0.25, 0.3) is 5.91 Å². The van der Waals surface area contributed by atoms with Crippen molar-refractivity contribution in [2.45, 2.75) is 6.54 Å². The molecule has 1 amide bonds. The minimum Gasteiger partial charge on any atom is -0.319 e. The molecule has 4 rings (SSSR count). The summed E-state index contributed by atoms with van der Waals surface area (Å²) in [6.45, 7) is 0.539. The van der Waals surface area contributed by atoms with Crippen LogP contribution in [0.1, 0.15) is 16.1 Å². The van der Waals surface area contributed by atoms with Crippen molar-refractivity contribution in [3.05, 3.63) is 80.9 Å². The Morgan fingerprint density at radius 3 is 2.93 bits per heavy atom. The van der Waals surface area contributed by atoms with Gasteiger partial charge in [-0.15, -0.1) is 22.7 Å². The van der Waals surface area contributed by atoms with Gasteiger partial charge in [-0.3, -0.25) is 14.8 Å². The first-order valence-electron chi connectivity index (χ1n) is 7.89. The molecule has 27 heavy (non-hydrogen) atoms. The molecule has 0 radical (unpaired) electrons. The molecule has 0 fully saturated rings. The van der Waals surface area contributed by atoms with E-state index >= 15 is 0 Å². The number of thiazole rings is 2. The number of hydrogen-bond donors (Lipinski definition) is 0. The fourth-order valence-corrected chi connectivity index (χ4v) is 4.04. The third-order valence-electron chi connectivity index (χ3n) is 3.66. The van der Waals surface area contributed by atoms with Crippen LogP contribution in [0.3, 0.4) is 0 Å². The van der Waals surface area contributed by atoms with Gasteiger partial charge in [0.2, 0.25) is 0 Å². The van der Waals surface area contributed by atoms with Crippen LogP contribution in [0.5, 0.6) is 0 Å². The molecule has 0 atom stereocenters. The van der Waals surface area contributed by atoms with E-state index in [0.29, 0.717) is 32.8 Å². The standard InChI is InChI=1S/C18H12ClN5OS2/c19-13-4-2-1-3-12(13)10-24-7-8-26-18(24)23-16(25)15-11-27-17(22-15)14-9-20-5-6-21-14/h1-9,11H,10H2. The number of hydrogen-bond acceptors (Lipinski definition) is 6.